The highest BCUT2D eigenvalue weighted by Crippen LogP contribution is 2.44. The molecule has 0 bridgehead atoms. The van der Waals surface area contributed by atoms with E-state index in [0.29, 0.717) is 71.7 Å². The fourth-order valence-corrected chi connectivity index (χ4v) is 8.61. The first-order chi connectivity index (χ1) is 24.7. The van der Waals surface area contributed by atoms with Crippen molar-refractivity contribution in [2.24, 2.45) is 5.41 Å². The standard InChI is InChI=1S/C34H40F3N9O5S/c1-44(19-33(20-51-2)7-3-4-8-33)26-15-24(22-13-23(21-5-6-21)40-27(14-22)34(35,36)37)41-32-30(26)42-31(43-32)25-16-39-28(17-38-25)45-9-11-46(12-10-45)52(49,50)18-29(47)48/h13-17,21H,3-12,18-20H2,1-2H3,(H,47,48)(H,41,42,43). The highest BCUT2D eigenvalue weighted by Gasteiger charge is 2.37. The molecule has 2 N–H and O–H groups in total. The molecule has 52 heavy (non-hydrogen) atoms. The number of aromatic amines is 1. The van der Waals surface area contributed by atoms with E-state index in [1.54, 1.807) is 25.4 Å². The van der Waals surface area contributed by atoms with Crippen molar-refractivity contribution in [1.82, 2.24) is 34.2 Å². The lowest BCUT2D eigenvalue weighted by molar-refractivity contribution is -0.141. The normalized spacial score (nSPS) is 18.3. The summed E-state index contributed by atoms with van der Waals surface area (Å²) in [5.74, 6) is -1.48. The summed E-state index contributed by atoms with van der Waals surface area (Å²) in [5, 5.41) is 8.95. The Bertz CT molecular complexity index is 2060. The van der Waals surface area contributed by atoms with Crippen LogP contribution in [-0.4, -0.2) is 113 Å². The lowest BCUT2D eigenvalue weighted by atomic mass is 9.86. The molecule has 18 heteroatoms. The first-order valence-corrected chi connectivity index (χ1v) is 18.8. The molecule has 0 spiro atoms. The summed E-state index contributed by atoms with van der Waals surface area (Å²) in [6.07, 6.45) is 4.26. The number of ether oxygens (including phenoxy) is 1. The number of piperazine rings is 1. The second-order valence-corrected chi connectivity index (χ2v) is 16.0. The molecule has 0 aromatic carbocycles. The van der Waals surface area contributed by atoms with E-state index in [1.165, 1.54) is 6.20 Å². The zero-order valence-electron chi connectivity index (χ0n) is 28.9. The molecule has 0 atom stereocenters. The Kier molecular flexibility index (Phi) is 9.58. The summed E-state index contributed by atoms with van der Waals surface area (Å²) >= 11 is 0. The van der Waals surface area contributed by atoms with Gasteiger partial charge in [-0.05, 0) is 43.9 Å². The van der Waals surface area contributed by atoms with Gasteiger partial charge in [0.05, 0.1) is 30.4 Å². The van der Waals surface area contributed by atoms with Crippen molar-refractivity contribution in [3.8, 4) is 22.8 Å². The molecule has 14 nitrogen and oxygen atoms in total. The molecule has 7 rings (SSSR count). The number of hydrogen-bond donors (Lipinski definition) is 2. The molecule has 2 saturated carbocycles. The van der Waals surface area contributed by atoms with E-state index in [4.69, 9.17) is 19.8 Å². The van der Waals surface area contributed by atoms with Gasteiger partial charge in [0.1, 0.15) is 22.7 Å². The molecular weight excluding hydrogens is 703 g/mol. The Morgan fingerprint density at radius 2 is 1.77 bits per heavy atom. The molecule has 3 fully saturated rings. The minimum absolute atomic E-state index is 0.00410. The van der Waals surface area contributed by atoms with Gasteiger partial charge >= 0.3 is 12.1 Å². The van der Waals surface area contributed by atoms with E-state index in [9.17, 15) is 26.4 Å². The average Bonchev–Trinajstić information content (AvgIpc) is 3.72. The molecule has 4 aromatic heterocycles. The van der Waals surface area contributed by atoms with Crippen LogP contribution in [0, 0.1) is 5.41 Å². The lowest BCUT2D eigenvalue weighted by Gasteiger charge is -2.34. The minimum Gasteiger partial charge on any atom is -0.480 e. The zero-order chi connectivity index (χ0) is 36.8. The third kappa shape index (κ3) is 7.54. The van der Waals surface area contributed by atoms with E-state index in [-0.39, 0.29) is 24.4 Å². The van der Waals surface area contributed by atoms with E-state index in [1.807, 2.05) is 11.9 Å². The highest BCUT2D eigenvalue weighted by molar-refractivity contribution is 7.89. The van der Waals surface area contributed by atoms with Gasteiger partial charge < -0.3 is 24.6 Å². The Labute approximate surface area is 298 Å². The van der Waals surface area contributed by atoms with Crippen molar-refractivity contribution in [1.29, 1.82) is 0 Å². The predicted octanol–water partition coefficient (Wildman–Crippen LogP) is 4.55. The number of aliphatic carboxylic acids is 1. The van der Waals surface area contributed by atoms with Crippen LogP contribution in [-0.2, 0) is 25.7 Å². The molecular formula is C34H40F3N9O5S. The van der Waals surface area contributed by atoms with Crippen LogP contribution in [0.3, 0.4) is 0 Å². The molecule has 0 radical (unpaired) electrons. The van der Waals surface area contributed by atoms with Crippen LogP contribution in [0.15, 0.2) is 30.6 Å². The van der Waals surface area contributed by atoms with Crippen molar-refractivity contribution >= 4 is 38.7 Å². The molecule has 1 saturated heterocycles. The molecule has 278 valence electrons. The Morgan fingerprint density at radius 1 is 1.04 bits per heavy atom. The summed E-state index contributed by atoms with van der Waals surface area (Å²) in [4.78, 5) is 40.9. The number of nitrogens with zero attached hydrogens (tertiary/aromatic N) is 8. The number of pyridine rings is 2. The third-order valence-corrected chi connectivity index (χ3v) is 11.9. The van der Waals surface area contributed by atoms with E-state index in [2.05, 4.69) is 24.8 Å². The molecule has 4 aromatic rings. The van der Waals surface area contributed by atoms with Crippen LogP contribution in [0.4, 0.5) is 24.7 Å². The number of H-pyrrole nitrogens is 1. The smallest absolute Gasteiger partial charge is 0.433 e. The number of halogens is 3. The summed E-state index contributed by atoms with van der Waals surface area (Å²) < 4.78 is 73.5. The Hall–Kier alpha value is -4.42. The van der Waals surface area contributed by atoms with Crippen molar-refractivity contribution in [2.45, 2.75) is 50.6 Å². The fraction of sp³-hybridized carbons (Fsp3) is 0.529. The molecule has 3 aliphatic rings. The number of methoxy groups -OCH3 is 1. The number of imidazole rings is 1. The van der Waals surface area contributed by atoms with Gasteiger partial charge in [0.2, 0.25) is 10.0 Å². The zero-order valence-corrected chi connectivity index (χ0v) is 29.7. The minimum atomic E-state index is -4.62. The Balaban J connectivity index is 1.22. The van der Waals surface area contributed by atoms with Crippen LogP contribution in [0.1, 0.15) is 55.8 Å². The number of nitrogens with one attached hydrogen (secondary N) is 1. The summed E-state index contributed by atoms with van der Waals surface area (Å²) in [6.45, 7) is 2.08. The largest absolute Gasteiger partial charge is 0.480 e. The van der Waals surface area contributed by atoms with Crippen molar-refractivity contribution < 1.29 is 36.2 Å². The number of carboxylic acids is 1. The number of alkyl halides is 3. The number of fused-ring (bicyclic) bond motifs is 1. The topological polar surface area (TPSA) is 171 Å². The van der Waals surface area contributed by atoms with Crippen molar-refractivity contribution in [2.75, 3.05) is 69.0 Å². The van der Waals surface area contributed by atoms with Gasteiger partial charge in [0.15, 0.2) is 17.2 Å². The van der Waals surface area contributed by atoms with Crippen LogP contribution in [0.25, 0.3) is 33.9 Å². The Morgan fingerprint density at radius 3 is 2.38 bits per heavy atom. The quantitative estimate of drug-likeness (QED) is 0.208. The van der Waals surface area contributed by atoms with Crippen molar-refractivity contribution in [3.05, 3.63) is 42.0 Å². The fourth-order valence-electron chi connectivity index (χ4n) is 7.39. The maximum absolute atomic E-state index is 14.0. The number of anilines is 2. The van der Waals surface area contributed by atoms with Gasteiger partial charge in [-0.3, -0.25) is 4.79 Å². The first-order valence-electron chi connectivity index (χ1n) is 17.2. The maximum atomic E-state index is 14.0. The number of sulfonamides is 1. The maximum Gasteiger partial charge on any atom is 0.433 e. The number of carbonyl (C=O) groups is 1. The monoisotopic (exact) mass is 743 g/mol. The average molecular weight is 744 g/mol. The summed E-state index contributed by atoms with van der Waals surface area (Å²) in [7, 11) is -0.256. The number of carboxylic acid groups (broad SMARTS) is 1. The van der Waals surface area contributed by atoms with E-state index >= 15 is 0 Å². The SMILES string of the molecule is COCC1(CN(C)c2cc(-c3cc(C4CC4)nc(C(F)(F)F)c3)nc3nc(-c4cnc(N5CCN(S(=O)(=O)CC(=O)O)CC5)cn4)[nH]c23)CCCC1. The number of aromatic nitrogens is 6. The van der Waals surface area contributed by atoms with Gasteiger partial charge in [-0.2, -0.15) is 17.5 Å². The van der Waals surface area contributed by atoms with E-state index in [0.717, 1.165) is 54.6 Å². The van der Waals surface area contributed by atoms with Crippen LogP contribution < -0.4 is 9.80 Å². The third-order valence-electron chi connectivity index (χ3n) is 10.1. The van der Waals surface area contributed by atoms with Gasteiger partial charge in [0.25, 0.3) is 0 Å². The van der Waals surface area contributed by atoms with Crippen LogP contribution in [0.2, 0.25) is 0 Å². The number of hydrogen-bond acceptors (Lipinski definition) is 11. The number of rotatable bonds is 12. The molecule has 0 unspecified atom stereocenters. The van der Waals surface area contributed by atoms with Gasteiger partial charge in [0, 0.05) is 69.5 Å². The molecule has 0 amide bonds. The highest BCUT2D eigenvalue weighted by atomic mass is 32.2. The van der Waals surface area contributed by atoms with Crippen LogP contribution in [0.5, 0.6) is 0 Å². The molecule has 5 heterocycles. The second kappa shape index (κ2) is 13.9. The van der Waals surface area contributed by atoms with Crippen molar-refractivity contribution in [3.63, 3.8) is 0 Å². The van der Waals surface area contributed by atoms with Gasteiger partial charge in [-0.25, -0.2) is 33.3 Å². The van der Waals surface area contributed by atoms with E-state index < -0.39 is 33.6 Å². The van der Waals surface area contributed by atoms with Gasteiger partial charge in [-0.15, -0.1) is 0 Å². The lowest BCUT2D eigenvalue weighted by Crippen LogP contribution is -2.50. The van der Waals surface area contributed by atoms with Crippen LogP contribution >= 0.6 is 0 Å². The molecule has 2 aliphatic carbocycles. The second-order valence-electron chi connectivity index (χ2n) is 14.0. The van der Waals surface area contributed by atoms with Gasteiger partial charge in [-0.1, -0.05) is 12.8 Å². The molecule has 1 aliphatic heterocycles. The first kappa shape index (κ1) is 36.0. The predicted molar refractivity (Wildman–Crippen MR) is 186 cm³/mol. The summed E-state index contributed by atoms with van der Waals surface area (Å²) in [6, 6.07) is 4.55. The summed E-state index contributed by atoms with van der Waals surface area (Å²) in [5.41, 5.74) is 2.09.